The van der Waals surface area contributed by atoms with Crippen molar-refractivity contribution in [3.63, 3.8) is 0 Å². The van der Waals surface area contributed by atoms with Gasteiger partial charge >= 0.3 is 12.1 Å². The molecule has 2 heterocycles. The molecule has 34 heavy (non-hydrogen) atoms. The van der Waals surface area contributed by atoms with Crippen molar-refractivity contribution >= 4 is 17.6 Å². The lowest BCUT2D eigenvalue weighted by atomic mass is 10.0. The van der Waals surface area contributed by atoms with E-state index in [0.717, 1.165) is 6.20 Å². The van der Waals surface area contributed by atoms with Gasteiger partial charge in [0.05, 0.1) is 36.1 Å². The summed E-state index contributed by atoms with van der Waals surface area (Å²) in [6, 6.07) is 4.68. The number of rotatable bonds is 8. The van der Waals surface area contributed by atoms with Gasteiger partial charge in [0.1, 0.15) is 17.0 Å². The van der Waals surface area contributed by atoms with E-state index in [1.165, 1.54) is 27.0 Å². The summed E-state index contributed by atoms with van der Waals surface area (Å²) in [6.07, 6.45) is -3.91. The second kappa shape index (κ2) is 9.67. The maximum Gasteiger partial charge on any atom is 0.433 e. The smallest absolute Gasteiger partial charge is 0.433 e. The van der Waals surface area contributed by atoms with Crippen molar-refractivity contribution in [3.05, 3.63) is 40.7 Å². The molecular weight excluding hydrogens is 479 g/mol. The Morgan fingerprint density at radius 1 is 1.26 bits per heavy atom. The van der Waals surface area contributed by atoms with Crippen LogP contribution in [-0.2, 0) is 17.5 Å². The largest absolute Gasteiger partial charge is 0.495 e. The number of alkyl halides is 3. The maximum absolute atomic E-state index is 14.1. The molecule has 0 aliphatic rings. The Labute approximate surface area is 198 Å². The van der Waals surface area contributed by atoms with Crippen LogP contribution >= 0.6 is 11.6 Å². The average molecular weight is 502 g/mol. The maximum atomic E-state index is 14.1. The Morgan fingerprint density at radius 3 is 2.56 bits per heavy atom. The van der Waals surface area contributed by atoms with Gasteiger partial charge in [0.15, 0.2) is 11.5 Å². The van der Waals surface area contributed by atoms with Gasteiger partial charge in [-0.3, -0.25) is 4.68 Å². The number of hydrogen-bond donors (Lipinski definition) is 1. The molecule has 2 aromatic heterocycles. The number of carbonyl (C=O) groups excluding carboxylic acids is 1. The highest BCUT2D eigenvalue weighted by Crippen LogP contribution is 2.43. The normalized spacial score (nSPS) is 12.1. The fourth-order valence-corrected chi connectivity index (χ4v) is 3.59. The molecule has 1 N–H and O–H groups in total. The molecule has 1 aromatic carbocycles. The first-order valence-corrected chi connectivity index (χ1v) is 10.6. The molecule has 8 nitrogen and oxygen atoms in total. The lowest BCUT2D eigenvalue weighted by Gasteiger charge is -2.18. The van der Waals surface area contributed by atoms with Crippen molar-refractivity contribution < 1.29 is 37.1 Å². The van der Waals surface area contributed by atoms with E-state index >= 15 is 0 Å². The third-order valence-electron chi connectivity index (χ3n) is 4.90. The number of benzene rings is 1. The van der Waals surface area contributed by atoms with E-state index < -0.39 is 34.8 Å². The van der Waals surface area contributed by atoms with E-state index in [9.17, 15) is 23.1 Å². The zero-order valence-corrected chi connectivity index (χ0v) is 19.6. The second-order valence-corrected chi connectivity index (χ2v) is 8.35. The van der Waals surface area contributed by atoms with Crippen molar-refractivity contribution in [2.24, 2.45) is 0 Å². The molecule has 0 aliphatic carbocycles. The Bertz CT molecular complexity index is 1180. The topological polar surface area (TPSA) is 99.6 Å². The minimum absolute atomic E-state index is 0.00298. The fourth-order valence-electron chi connectivity index (χ4n) is 3.30. The molecule has 0 radical (unpaired) electrons. The lowest BCUT2D eigenvalue weighted by molar-refractivity contribution is -0.144. The monoisotopic (exact) mass is 501 g/mol. The van der Waals surface area contributed by atoms with Crippen LogP contribution in [0.25, 0.3) is 22.6 Å². The second-order valence-electron chi connectivity index (χ2n) is 7.97. The molecule has 0 atom stereocenters. The molecule has 12 heteroatoms. The minimum Gasteiger partial charge on any atom is -0.495 e. The molecule has 0 unspecified atom stereocenters. The van der Waals surface area contributed by atoms with E-state index in [1.54, 1.807) is 19.1 Å². The number of hydrogen-bond acceptors (Lipinski definition) is 7. The van der Waals surface area contributed by atoms with Crippen LogP contribution in [0.3, 0.4) is 0 Å². The zero-order valence-electron chi connectivity index (χ0n) is 18.9. The van der Waals surface area contributed by atoms with Crippen molar-refractivity contribution in [2.45, 2.75) is 45.5 Å². The van der Waals surface area contributed by atoms with E-state index in [1.807, 2.05) is 0 Å². The number of esters is 1. The number of aromatic nitrogens is 3. The number of aryl methyl sites for hydroxylation is 1. The van der Waals surface area contributed by atoms with E-state index in [0.29, 0.717) is 4.68 Å². The Hall–Kier alpha value is -3.05. The molecule has 0 amide bonds. The molecule has 0 fully saturated rings. The van der Waals surface area contributed by atoms with Crippen LogP contribution < -0.4 is 4.74 Å². The molecule has 0 saturated heterocycles. The average Bonchev–Trinajstić information content (AvgIpc) is 3.36. The number of halogens is 4. The molecular formula is C22H23ClF3N3O5. The summed E-state index contributed by atoms with van der Waals surface area (Å²) < 4.78 is 58.5. The number of methoxy groups -OCH3 is 1. The van der Waals surface area contributed by atoms with E-state index in [-0.39, 0.29) is 47.2 Å². The fraction of sp³-hybridized carbons (Fsp3) is 0.409. The van der Waals surface area contributed by atoms with Gasteiger partial charge < -0.3 is 19.1 Å². The van der Waals surface area contributed by atoms with Crippen LogP contribution in [0.5, 0.6) is 5.75 Å². The summed E-state index contributed by atoms with van der Waals surface area (Å²) in [7, 11) is 1.39. The SMILES string of the molecule is CCOC(=O)c1c(-c2cccc(OC)c2Cl)noc1-c1cnn(CCC(C)(C)O)c1C(F)(F)F. The van der Waals surface area contributed by atoms with Crippen molar-refractivity contribution in [1.29, 1.82) is 0 Å². The molecule has 184 valence electrons. The summed E-state index contributed by atoms with van der Waals surface area (Å²) in [6.45, 7) is 4.24. The summed E-state index contributed by atoms with van der Waals surface area (Å²) >= 11 is 6.37. The quantitative estimate of drug-likeness (QED) is 0.422. The number of ether oxygens (including phenoxy) is 2. The van der Waals surface area contributed by atoms with Crippen LogP contribution in [0, 0.1) is 0 Å². The predicted molar refractivity (Wildman–Crippen MR) is 117 cm³/mol. The van der Waals surface area contributed by atoms with Gasteiger partial charge in [-0.1, -0.05) is 28.9 Å². The molecule has 0 bridgehead atoms. The summed E-state index contributed by atoms with van der Waals surface area (Å²) in [5, 5.41) is 17.7. The van der Waals surface area contributed by atoms with Gasteiger partial charge in [0.2, 0.25) is 0 Å². The third-order valence-corrected chi connectivity index (χ3v) is 5.29. The Balaban J connectivity index is 2.23. The van der Waals surface area contributed by atoms with Crippen LogP contribution in [0.4, 0.5) is 13.2 Å². The highest BCUT2D eigenvalue weighted by atomic mass is 35.5. The molecule has 0 spiro atoms. The highest BCUT2D eigenvalue weighted by molar-refractivity contribution is 6.35. The van der Waals surface area contributed by atoms with Crippen molar-refractivity contribution in [3.8, 4) is 28.3 Å². The first kappa shape index (κ1) is 25.6. The standard InChI is InChI=1S/C22H23ClF3N3O5/c1-5-33-20(30)15-17(12-7-6-8-14(32-4)16(12)23)28-34-18(15)13-11-27-29(10-9-21(2,3)31)19(13)22(24,25)26/h6-8,11,31H,5,9-10H2,1-4H3. The molecule has 3 aromatic rings. The van der Waals surface area contributed by atoms with Gasteiger partial charge in [0, 0.05) is 12.1 Å². The van der Waals surface area contributed by atoms with Gasteiger partial charge in [-0.05, 0) is 33.3 Å². The minimum atomic E-state index is -4.85. The van der Waals surface area contributed by atoms with Gasteiger partial charge in [-0.2, -0.15) is 18.3 Å². The van der Waals surface area contributed by atoms with Crippen molar-refractivity contribution in [2.75, 3.05) is 13.7 Å². The van der Waals surface area contributed by atoms with E-state index in [2.05, 4.69) is 10.3 Å². The summed E-state index contributed by atoms with van der Waals surface area (Å²) in [5.41, 5.74) is -3.08. The van der Waals surface area contributed by atoms with Gasteiger partial charge in [-0.25, -0.2) is 4.79 Å². The van der Waals surface area contributed by atoms with Crippen molar-refractivity contribution in [1.82, 2.24) is 14.9 Å². The lowest BCUT2D eigenvalue weighted by Crippen LogP contribution is -2.24. The number of aliphatic hydroxyl groups is 1. The third kappa shape index (κ3) is 5.20. The van der Waals surface area contributed by atoms with Gasteiger partial charge in [0.25, 0.3) is 0 Å². The Morgan fingerprint density at radius 2 is 1.97 bits per heavy atom. The van der Waals surface area contributed by atoms with Crippen LogP contribution in [-0.4, -0.2) is 45.3 Å². The molecule has 3 rings (SSSR count). The summed E-state index contributed by atoms with van der Waals surface area (Å²) in [5.74, 6) is -1.13. The first-order chi connectivity index (χ1) is 15.9. The Kier molecular flexibility index (Phi) is 7.27. The van der Waals surface area contributed by atoms with Gasteiger partial charge in [-0.15, -0.1) is 0 Å². The van der Waals surface area contributed by atoms with E-state index in [4.69, 9.17) is 25.6 Å². The summed E-state index contributed by atoms with van der Waals surface area (Å²) in [4.78, 5) is 12.8. The van der Waals surface area contributed by atoms with Crippen LogP contribution in [0.1, 0.15) is 43.2 Å². The predicted octanol–water partition coefficient (Wildman–Crippen LogP) is 5.22. The van der Waals surface area contributed by atoms with Crippen LogP contribution in [0.2, 0.25) is 5.02 Å². The number of nitrogens with zero attached hydrogens (tertiary/aromatic N) is 3. The molecule has 0 saturated carbocycles. The number of carbonyl (C=O) groups is 1. The molecule has 0 aliphatic heterocycles. The first-order valence-electron chi connectivity index (χ1n) is 10.2. The van der Waals surface area contributed by atoms with Crippen LogP contribution in [0.15, 0.2) is 28.9 Å². The zero-order chi connectivity index (χ0) is 25.3. The highest BCUT2D eigenvalue weighted by Gasteiger charge is 2.42.